The number of nitrogens with zero attached hydrogens (tertiary/aromatic N) is 2. The number of hydrogen-bond acceptors (Lipinski definition) is 4. The molecule has 1 amide bonds. The molecule has 1 saturated heterocycles. The van der Waals surface area contributed by atoms with Crippen LogP contribution >= 0.6 is 0 Å². The lowest BCUT2D eigenvalue weighted by atomic mass is 9.84. The van der Waals surface area contributed by atoms with Gasteiger partial charge >= 0.3 is 5.97 Å². The first-order valence-electron chi connectivity index (χ1n) is 10.8. The zero-order valence-electron chi connectivity index (χ0n) is 18.4. The Kier molecular flexibility index (Phi) is 8.29. The minimum atomic E-state index is -3.41. The Morgan fingerprint density at radius 2 is 1.73 bits per heavy atom. The van der Waals surface area contributed by atoms with Crippen LogP contribution in [0.3, 0.4) is 0 Å². The van der Waals surface area contributed by atoms with Crippen LogP contribution in [0, 0.1) is 11.8 Å². The molecule has 0 unspecified atom stereocenters. The van der Waals surface area contributed by atoms with Crippen LogP contribution in [0.25, 0.3) is 0 Å². The molecular formula is C22H34N2O5S. The Bertz CT molecular complexity index is 847. The van der Waals surface area contributed by atoms with Crippen LogP contribution in [0.15, 0.2) is 24.3 Å². The molecule has 2 aliphatic rings. The van der Waals surface area contributed by atoms with Crippen molar-refractivity contribution in [2.45, 2.75) is 58.9 Å². The summed E-state index contributed by atoms with van der Waals surface area (Å²) in [5.41, 5.74) is 1.72. The molecule has 2 atom stereocenters. The maximum atomic E-state index is 12.6. The van der Waals surface area contributed by atoms with E-state index in [1.54, 1.807) is 4.90 Å². The van der Waals surface area contributed by atoms with Crippen LogP contribution in [0.1, 0.15) is 52.0 Å². The summed E-state index contributed by atoms with van der Waals surface area (Å²) in [5.74, 6) is -1.06. The molecule has 2 heterocycles. The summed E-state index contributed by atoms with van der Waals surface area (Å²) in [6.07, 6.45) is 3.93. The zero-order valence-corrected chi connectivity index (χ0v) is 19.2. The number of sulfonamides is 1. The highest BCUT2D eigenvalue weighted by molar-refractivity contribution is 7.92. The van der Waals surface area contributed by atoms with Crippen molar-refractivity contribution < 1.29 is 23.1 Å². The molecule has 1 fully saturated rings. The highest BCUT2D eigenvalue weighted by Crippen LogP contribution is 2.37. The molecule has 0 bridgehead atoms. The van der Waals surface area contributed by atoms with Crippen LogP contribution in [0.4, 0.5) is 5.69 Å². The largest absolute Gasteiger partial charge is 0.481 e. The van der Waals surface area contributed by atoms with Crippen LogP contribution < -0.4 is 4.31 Å². The highest BCUT2D eigenvalue weighted by atomic mass is 32.2. The number of anilines is 1. The van der Waals surface area contributed by atoms with Gasteiger partial charge in [-0.25, -0.2) is 8.42 Å². The smallest absolute Gasteiger partial charge is 0.306 e. The average Bonchev–Trinajstić information content (AvgIpc) is 2.72. The average molecular weight is 439 g/mol. The molecule has 3 rings (SSSR count). The molecule has 1 N–H and O–H groups in total. The Hall–Kier alpha value is -2.09. The molecule has 1 aromatic rings. The van der Waals surface area contributed by atoms with E-state index in [0.717, 1.165) is 17.7 Å². The first-order valence-corrected chi connectivity index (χ1v) is 12.6. The molecule has 0 saturated carbocycles. The minimum absolute atomic E-state index is 0.0285. The third-order valence-corrected chi connectivity index (χ3v) is 7.29. The van der Waals surface area contributed by atoms with Gasteiger partial charge in [-0.05, 0) is 50.2 Å². The zero-order chi connectivity index (χ0) is 22.5. The van der Waals surface area contributed by atoms with Crippen LogP contribution in [-0.2, 0) is 26.0 Å². The lowest BCUT2D eigenvalue weighted by Crippen LogP contribution is -2.47. The number of fused-ring (bicyclic) bond motifs is 1. The monoisotopic (exact) mass is 438 g/mol. The predicted molar refractivity (Wildman–Crippen MR) is 118 cm³/mol. The fourth-order valence-corrected chi connectivity index (χ4v) is 5.74. The van der Waals surface area contributed by atoms with E-state index >= 15 is 0 Å². The summed E-state index contributed by atoms with van der Waals surface area (Å²) in [4.78, 5) is 25.4. The molecule has 0 radical (unpaired) electrons. The number of para-hydroxylation sites is 1. The van der Waals surface area contributed by atoms with Gasteiger partial charge in [0, 0.05) is 25.6 Å². The summed E-state index contributed by atoms with van der Waals surface area (Å²) in [6.45, 7) is 6.87. The quantitative estimate of drug-likeness (QED) is 0.762. The van der Waals surface area contributed by atoms with Gasteiger partial charge in [0.15, 0.2) is 0 Å². The number of carboxylic acids is 1. The van der Waals surface area contributed by atoms with Crippen LogP contribution in [0.2, 0.25) is 0 Å². The fraction of sp³-hybridized carbons (Fsp3) is 0.636. The number of likely N-dealkylation sites (tertiary alicyclic amines) is 1. The first kappa shape index (κ1) is 24.2. The van der Waals surface area contributed by atoms with E-state index in [1.165, 1.54) is 10.6 Å². The van der Waals surface area contributed by atoms with E-state index in [2.05, 4.69) is 0 Å². The lowest BCUT2D eigenvalue weighted by Gasteiger charge is -2.40. The van der Waals surface area contributed by atoms with Crippen molar-refractivity contribution >= 4 is 27.6 Å². The van der Waals surface area contributed by atoms with Gasteiger partial charge in [0.1, 0.15) is 0 Å². The number of carboxylic acid groups (broad SMARTS) is 1. The molecular weight excluding hydrogens is 404 g/mol. The second-order valence-corrected chi connectivity index (χ2v) is 9.78. The summed E-state index contributed by atoms with van der Waals surface area (Å²) in [6, 6.07) is 7.32. The summed E-state index contributed by atoms with van der Waals surface area (Å²) < 4.78 is 26.2. The summed E-state index contributed by atoms with van der Waals surface area (Å²) in [7, 11) is -3.41. The van der Waals surface area contributed by atoms with Crippen molar-refractivity contribution in [2.24, 2.45) is 11.8 Å². The maximum Gasteiger partial charge on any atom is 0.306 e. The number of carbonyl (C=O) groups excluding carboxylic acids is 1. The molecule has 30 heavy (non-hydrogen) atoms. The molecule has 168 valence electrons. The third kappa shape index (κ3) is 5.53. The van der Waals surface area contributed by atoms with E-state index in [-0.39, 0.29) is 23.8 Å². The van der Waals surface area contributed by atoms with Gasteiger partial charge < -0.3 is 10.0 Å². The van der Waals surface area contributed by atoms with Crippen LogP contribution in [-0.4, -0.2) is 55.7 Å². The normalized spacial score (nSPS) is 22.0. The number of rotatable bonds is 5. The summed E-state index contributed by atoms with van der Waals surface area (Å²) >= 11 is 0. The second-order valence-electron chi connectivity index (χ2n) is 7.92. The minimum Gasteiger partial charge on any atom is -0.481 e. The van der Waals surface area contributed by atoms with E-state index in [9.17, 15) is 18.0 Å². The van der Waals surface area contributed by atoms with Gasteiger partial charge in [0.05, 0.1) is 17.9 Å². The maximum absolute atomic E-state index is 12.6. The van der Waals surface area contributed by atoms with Crippen molar-refractivity contribution in [3.8, 4) is 0 Å². The van der Waals surface area contributed by atoms with Crippen molar-refractivity contribution in [3.05, 3.63) is 29.8 Å². The van der Waals surface area contributed by atoms with E-state index in [0.29, 0.717) is 38.8 Å². The van der Waals surface area contributed by atoms with Gasteiger partial charge in [-0.3, -0.25) is 13.9 Å². The van der Waals surface area contributed by atoms with Crippen molar-refractivity contribution in [1.82, 2.24) is 4.90 Å². The number of hydrogen-bond donors (Lipinski definition) is 1. The van der Waals surface area contributed by atoms with E-state index < -0.39 is 16.0 Å². The lowest BCUT2D eigenvalue weighted by molar-refractivity contribution is -0.145. The number of aliphatic carboxylic acids is 1. The van der Waals surface area contributed by atoms with Crippen molar-refractivity contribution in [3.63, 3.8) is 0 Å². The molecule has 0 aromatic heterocycles. The Morgan fingerprint density at radius 3 is 2.30 bits per heavy atom. The SMILES string of the molecule is CC.C[C@@H]1[C@H](CCC(=O)N2CCC(C(=O)O)CC2)Cc2ccccc2N1S(C)(=O)=O. The topological polar surface area (TPSA) is 95.0 Å². The third-order valence-electron chi connectivity index (χ3n) is 6.05. The second kappa shape index (κ2) is 10.3. The van der Waals surface area contributed by atoms with E-state index in [4.69, 9.17) is 5.11 Å². The fourth-order valence-electron chi connectivity index (χ4n) is 4.43. The molecule has 7 nitrogen and oxygen atoms in total. The number of benzene rings is 1. The number of piperidine rings is 1. The molecule has 0 aliphatic carbocycles. The van der Waals surface area contributed by atoms with Crippen molar-refractivity contribution in [1.29, 1.82) is 0 Å². The molecule has 1 aromatic carbocycles. The number of carbonyl (C=O) groups is 2. The van der Waals surface area contributed by atoms with Gasteiger partial charge in [-0.2, -0.15) is 0 Å². The predicted octanol–water partition coefficient (Wildman–Crippen LogP) is 3.14. The summed E-state index contributed by atoms with van der Waals surface area (Å²) in [5, 5.41) is 9.08. The van der Waals surface area contributed by atoms with Gasteiger partial charge in [0.2, 0.25) is 15.9 Å². The standard InChI is InChI=1S/C20H28N2O5S.C2H6/c1-14-16(7-8-19(23)21-11-9-15(10-12-21)20(24)25)13-17-5-3-4-6-18(17)22(14)28(2,26)27;1-2/h3-6,14-16H,7-13H2,1-2H3,(H,24,25);1-2H3/t14-,16-;/m1./s1. The first-order chi connectivity index (χ1) is 14.2. The molecule has 8 heteroatoms. The van der Waals surface area contributed by atoms with Gasteiger partial charge in [0.25, 0.3) is 0 Å². The number of amides is 1. The molecule has 0 spiro atoms. The van der Waals surface area contributed by atoms with Crippen molar-refractivity contribution in [2.75, 3.05) is 23.7 Å². The highest BCUT2D eigenvalue weighted by Gasteiger charge is 2.36. The Morgan fingerprint density at radius 1 is 1.13 bits per heavy atom. The Balaban J connectivity index is 0.00000155. The molecule has 2 aliphatic heterocycles. The van der Waals surface area contributed by atoms with E-state index in [1.807, 2.05) is 45.0 Å². The van der Waals surface area contributed by atoms with Gasteiger partial charge in [-0.15, -0.1) is 0 Å². The Labute approximate surface area is 180 Å². The van der Waals surface area contributed by atoms with Gasteiger partial charge in [-0.1, -0.05) is 32.0 Å². The van der Waals surface area contributed by atoms with Crippen LogP contribution in [0.5, 0.6) is 0 Å².